The maximum Gasteiger partial charge on any atom is 0.309 e. The molecule has 0 radical (unpaired) electrons. The van der Waals surface area contributed by atoms with Gasteiger partial charge in [-0.15, -0.1) is 0 Å². The first-order chi connectivity index (χ1) is 8.65. The normalized spacial score (nSPS) is 26.1. The topological polar surface area (TPSA) is 38.8 Å². The van der Waals surface area contributed by atoms with Crippen molar-refractivity contribution in [1.29, 1.82) is 0 Å². The number of rotatable bonds is 5. The Morgan fingerprint density at radius 1 is 1.44 bits per heavy atom. The summed E-state index contributed by atoms with van der Waals surface area (Å²) >= 11 is 0. The van der Waals surface area contributed by atoms with Crippen LogP contribution in [0.3, 0.4) is 0 Å². The van der Waals surface area contributed by atoms with Crippen LogP contribution in [0.1, 0.15) is 33.1 Å². The molecular weight excluding hydrogens is 230 g/mol. The van der Waals surface area contributed by atoms with Crippen LogP contribution in [0.25, 0.3) is 0 Å². The fraction of sp³-hybridized carbons (Fsp3) is 0.929. The van der Waals surface area contributed by atoms with Crippen LogP contribution < -0.4 is 0 Å². The Bertz CT molecular complexity index is 276. The molecule has 2 aliphatic rings. The monoisotopic (exact) mass is 255 g/mol. The highest BCUT2D eigenvalue weighted by atomic mass is 16.6. The summed E-state index contributed by atoms with van der Waals surface area (Å²) in [4.78, 5) is 14.0. The summed E-state index contributed by atoms with van der Waals surface area (Å²) < 4.78 is 11.0. The van der Waals surface area contributed by atoms with Gasteiger partial charge in [-0.1, -0.05) is 20.3 Å². The zero-order valence-electron chi connectivity index (χ0n) is 11.6. The first-order valence-corrected chi connectivity index (χ1v) is 7.15. The summed E-state index contributed by atoms with van der Waals surface area (Å²) in [6, 6.07) is 0. The number of hydrogen-bond acceptors (Lipinski definition) is 4. The number of hydrogen-bond donors (Lipinski definition) is 0. The van der Waals surface area contributed by atoms with Gasteiger partial charge in [0.15, 0.2) is 0 Å². The minimum Gasteiger partial charge on any atom is -0.463 e. The molecule has 1 unspecified atom stereocenters. The molecule has 0 spiro atoms. The van der Waals surface area contributed by atoms with Crippen LogP contribution in [-0.4, -0.2) is 49.8 Å². The van der Waals surface area contributed by atoms with Crippen molar-refractivity contribution in [2.24, 2.45) is 11.8 Å². The van der Waals surface area contributed by atoms with E-state index < -0.39 is 0 Å². The van der Waals surface area contributed by atoms with Crippen molar-refractivity contribution in [1.82, 2.24) is 4.90 Å². The maximum atomic E-state index is 11.6. The van der Waals surface area contributed by atoms with E-state index in [9.17, 15) is 4.79 Å². The van der Waals surface area contributed by atoms with Crippen LogP contribution in [-0.2, 0) is 14.3 Å². The fourth-order valence-electron chi connectivity index (χ4n) is 2.50. The van der Waals surface area contributed by atoms with Crippen molar-refractivity contribution >= 4 is 5.97 Å². The van der Waals surface area contributed by atoms with E-state index in [4.69, 9.17) is 9.47 Å². The van der Waals surface area contributed by atoms with E-state index in [-0.39, 0.29) is 18.0 Å². The van der Waals surface area contributed by atoms with Gasteiger partial charge in [-0.05, 0) is 18.8 Å². The summed E-state index contributed by atoms with van der Waals surface area (Å²) in [5, 5.41) is 0. The number of ether oxygens (including phenoxy) is 2. The molecule has 18 heavy (non-hydrogen) atoms. The molecule has 4 heteroatoms. The molecule has 1 aliphatic carbocycles. The van der Waals surface area contributed by atoms with Crippen LogP contribution in [0.5, 0.6) is 0 Å². The molecule has 0 aromatic carbocycles. The lowest BCUT2D eigenvalue weighted by molar-refractivity contribution is -0.158. The molecule has 2 rings (SSSR count). The summed E-state index contributed by atoms with van der Waals surface area (Å²) in [5.41, 5.74) is 0. The fourth-order valence-corrected chi connectivity index (χ4v) is 2.50. The zero-order chi connectivity index (χ0) is 13.0. The molecule has 0 N–H and O–H groups in total. The van der Waals surface area contributed by atoms with E-state index in [2.05, 4.69) is 18.7 Å². The smallest absolute Gasteiger partial charge is 0.309 e. The van der Waals surface area contributed by atoms with Crippen molar-refractivity contribution in [3.8, 4) is 0 Å². The Morgan fingerprint density at radius 3 is 2.83 bits per heavy atom. The quantitative estimate of drug-likeness (QED) is 0.701. The zero-order valence-corrected chi connectivity index (χ0v) is 11.6. The van der Waals surface area contributed by atoms with Crippen LogP contribution in [0.2, 0.25) is 0 Å². The molecule has 0 bridgehead atoms. The van der Waals surface area contributed by atoms with Gasteiger partial charge in [0.25, 0.3) is 0 Å². The average molecular weight is 255 g/mol. The first-order valence-electron chi connectivity index (χ1n) is 7.15. The van der Waals surface area contributed by atoms with Crippen molar-refractivity contribution in [2.75, 3.05) is 32.8 Å². The molecule has 0 amide bonds. The lowest BCUT2D eigenvalue weighted by atomic mass is 9.86. The predicted molar refractivity (Wildman–Crippen MR) is 69.3 cm³/mol. The second-order valence-corrected chi connectivity index (χ2v) is 5.90. The van der Waals surface area contributed by atoms with Gasteiger partial charge in [0, 0.05) is 19.6 Å². The molecule has 1 heterocycles. The second-order valence-electron chi connectivity index (χ2n) is 5.90. The van der Waals surface area contributed by atoms with Gasteiger partial charge in [-0.2, -0.15) is 0 Å². The van der Waals surface area contributed by atoms with Gasteiger partial charge in [-0.3, -0.25) is 9.69 Å². The lowest BCUT2D eigenvalue weighted by Crippen LogP contribution is -2.46. The number of carbonyl (C=O) groups excluding carboxylic acids is 1. The Kier molecular flexibility index (Phi) is 5.01. The second kappa shape index (κ2) is 6.53. The van der Waals surface area contributed by atoms with Gasteiger partial charge < -0.3 is 9.47 Å². The number of nitrogens with zero attached hydrogens (tertiary/aromatic N) is 1. The third-order valence-electron chi connectivity index (χ3n) is 3.70. The molecule has 1 saturated heterocycles. The molecule has 1 aliphatic heterocycles. The van der Waals surface area contributed by atoms with E-state index >= 15 is 0 Å². The first kappa shape index (κ1) is 13.8. The van der Waals surface area contributed by atoms with Gasteiger partial charge in [0.05, 0.1) is 12.5 Å². The SMILES string of the molecule is CC(C)CN1CCOC(COC(=O)C2CCC2)C1. The van der Waals surface area contributed by atoms with Gasteiger partial charge in [0.1, 0.15) is 12.7 Å². The minimum atomic E-state index is -0.0224. The molecule has 1 atom stereocenters. The van der Waals surface area contributed by atoms with Crippen LogP contribution >= 0.6 is 0 Å². The Labute approximate surface area is 110 Å². The van der Waals surface area contributed by atoms with Crippen molar-refractivity contribution in [2.45, 2.75) is 39.2 Å². The highest BCUT2D eigenvalue weighted by molar-refractivity contribution is 5.73. The Balaban J connectivity index is 1.67. The number of esters is 1. The highest BCUT2D eigenvalue weighted by Gasteiger charge is 2.28. The maximum absolute atomic E-state index is 11.6. The van der Waals surface area contributed by atoms with E-state index in [1.165, 1.54) is 6.42 Å². The van der Waals surface area contributed by atoms with Crippen molar-refractivity contribution in [3.05, 3.63) is 0 Å². The largest absolute Gasteiger partial charge is 0.463 e. The standard InChI is InChI=1S/C14H25NO3/c1-11(2)8-15-6-7-17-13(9-15)10-18-14(16)12-4-3-5-12/h11-13H,3-10H2,1-2H3. The Hall–Kier alpha value is -0.610. The van der Waals surface area contributed by atoms with E-state index in [0.717, 1.165) is 39.1 Å². The molecule has 0 aromatic heterocycles. The molecule has 1 saturated carbocycles. The van der Waals surface area contributed by atoms with E-state index in [1.807, 2.05) is 0 Å². The predicted octanol–water partition coefficient (Wildman–Crippen LogP) is 1.69. The lowest BCUT2D eigenvalue weighted by Gasteiger charge is -2.34. The van der Waals surface area contributed by atoms with Crippen LogP contribution in [0, 0.1) is 11.8 Å². The number of carbonyl (C=O) groups is 1. The molecule has 4 nitrogen and oxygen atoms in total. The summed E-state index contributed by atoms with van der Waals surface area (Å²) in [6.07, 6.45) is 3.23. The van der Waals surface area contributed by atoms with Crippen LogP contribution in [0.15, 0.2) is 0 Å². The third kappa shape index (κ3) is 3.95. The molecule has 104 valence electrons. The molecule has 2 fully saturated rings. The van der Waals surface area contributed by atoms with Gasteiger partial charge in [-0.25, -0.2) is 0 Å². The number of morpholine rings is 1. The molecular formula is C14H25NO3. The van der Waals surface area contributed by atoms with Gasteiger partial charge >= 0.3 is 5.97 Å². The molecule has 0 aromatic rings. The van der Waals surface area contributed by atoms with E-state index in [0.29, 0.717) is 12.5 Å². The minimum absolute atomic E-state index is 0.0224. The Morgan fingerprint density at radius 2 is 2.22 bits per heavy atom. The van der Waals surface area contributed by atoms with E-state index in [1.54, 1.807) is 0 Å². The summed E-state index contributed by atoms with van der Waals surface area (Å²) in [5.74, 6) is 0.812. The van der Waals surface area contributed by atoms with Crippen molar-refractivity contribution < 1.29 is 14.3 Å². The highest BCUT2D eigenvalue weighted by Crippen LogP contribution is 2.27. The third-order valence-corrected chi connectivity index (χ3v) is 3.70. The van der Waals surface area contributed by atoms with Gasteiger partial charge in [0.2, 0.25) is 0 Å². The average Bonchev–Trinajstić information content (AvgIpc) is 2.23. The van der Waals surface area contributed by atoms with Crippen LogP contribution in [0.4, 0.5) is 0 Å². The van der Waals surface area contributed by atoms with Crippen molar-refractivity contribution in [3.63, 3.8) is 0 Å². The summed E-state index contributed by atoms with van der Waals surface area (Å²) in [6.45, 7) is 8.59. The summed E-state index contributed by atoms with van der Waals surface area (Å²) in [7, 11) is 0.